The van der Waals surface area contributed by atoms with E-state index in [0.29, 0.717) is 0 Å². The lowest BCUT2D eigenvalue weighted by atomic mass is 10.0. The van der Waals surface area contributed by atoms with Gasteiger partial charge in [-0.3, -0.25) is 9.59 Å². The van der Waals surface area contributed by atoms with E-state index in [0.717, 1.165) is 35.1 Å². The first-order valence-electron chi connectivity index (χ1n) is 12.7. The number of imide groups is 1. The number of esters is 1. The van der Waals surface area contributed by atoms with Gasteiger partial charge >= 0.3 is 23.7 Å². The van der Waals surface area contributed by atoms with E-state index in [1.54, 1.807) is 0 Å². The number of para-hydroxylation sites is 1. The zero-order valence-electron chi connectivity index (χ0n) is 23.4. The number of pyridine rings is 1. The molecule has 4 rings (SSSR count). The van der Waals surface area contributed by atoms with Gasteiger partial charge in [-0.25, -0.2) is 19.5 Å². The number of thioether (sulfide) groups is 1. The van der Waals surface area contributed by atoms with Crippen LogP contribution in [0.4, 0.5) is 42.6 Å². The second kappa shape index (κ2) is 12.3. The first-order valence-corrected chi connectivity index (χ1v) is 13.5. The molecule has 0 radical (unpaired) electrons. The minimum atomic E-state index is -5.37. The lowest BCUT2D eigenvalue weighted by molar-refractivity contribution is -0.189. The Morgan fingerprint density at radius 1 is 0.978 bits per heavy atom. The fourth-order valence-corrected chi connectivity index (χ4v) is 4.80. The molecule has 17 heteroatoms. The van der Waals surface area contributed by atoms with Crippen molar-refractivity contribution in [3.63, 3.8) is 0 Å². The number of aromatic nitrogens is 1. The molecule has 1 aliphatic heterocycles. The van der Waals surface area contributed by atoms with Crippen molar-refractivity contribution in [2.24, 2.45) is 0 Å². The van der Waals surface area contributed by atoms with Crippen LogP contribution in [0.2, 0.25) is 0 Å². The molecule has 1 fully saturated rings. The molecule has 45 heavy (non-hydrogen) atoms. The number of alkyl halides is 6. The molecule has 4 amide bonds. The molecule has 0 saturated carbocycles. The molecule has 2 aromatic carbocycles. The van der Waals surface area contributed by atoms with Gasteiger partial charge in [0.05, 0.1) is 24.9 Å². The van der Waals surface area contributed by atoms with E-state index in [-0.39, 0.29) is 46.0 Å². The molecule has 0 bridgehead atoms. The Morgan fingerprint density at radius 2 is 1.64 bits per heavy atom. The molecule has 3 aromatic rings. The molecular weight excluding hydrogens is 634 g/mol. The number of nitrogens with zero attached hydrogens (tertiary/aromatic N) is 3. The SMILES string of the molecule is COc1cccc(C(=O)Nc2ncccc2CN2C(=O)N(c3ccc(SC(F)(F)F)cc3)C(=O)C2(C)C)c1OC(=O)C(F)(F)F. The summed E-state index contributed by atoms with van der Waals surface area (Å²) in [6, 6.07) is 10.3. The highest BCUT2D eigenvalue weighted by atomic mass is 32.2. The van der Waals surface area contributed by atoms with Crippen molar-refractivity contribution in [1.82, 2.24) is 9.88 Å². The average molecular weight is 657 g/mol. The van der Waals surface area contributed by atoms with Crippen molar-refractivity contribution in [3.05, 3.63) is 71.9 Å². The number of rotatable bonds is 8. The lowest BCUT2D eigenvalue weighted by Gasteiger charge is -2.28. The first kappa shape index (κ1) is 33.1. The third-order valence-corrected chi connectivity index (χ3v) is 7.21. The van der Waals surface area contributed by atoms with Crippen LogP contribution in [0.5, 0.6) is 11.5 Å². The zero-order chi connectivity index (χ0) is 33.3. The highest BCUT2D eigenvalue weighted by Crippen LogP contribution is 2.39. The molecule has 10 nitrogen and oxygen atoms in total. The topological polar surface area (TPSA) is 118 Å². The average Bonchev–Trinajstić information content (AvgIpc) is 3.12. The number of carbonyl (C=O) groups is 4. The molecule has 0 unspecified atom stereocenters. The number of benzene rings is 2. The number of nitrogens with one attached hydrogen (secondary N) is 1. The second-order valence-corrected chi connectivity index (χ2v) is 10.9. The van der Waals surface area contributed by atoms with Crippen LogP contribution >= 0.6 is 11.8 Å². The molecular formula is C28H22F6N4O6S. The predicted octanol–water partition coefficient (Wildman–Crippen LogP) is 6.17. The van der Waals surface area contributed by atoms with Crippen LogP contribution in [-0.2, 0) is 16.1 Å². The van der Waals surface area contributed by atoms with E-state index in [9.17, 15) is 45.5 Å². The van der Waals surface area contributed by atoms with Crippen LogP contribution in [-0.4, -0.2) is 58.0 Å². The number of ether oxygens (including phenoxy) is 2. The number of carbonyl (C=O) groups excluding carboxylic acids is 4. The van der Waals surface area contributed by atoms with Gasteiger partial charge in [-0.15, -0.1) is 0 Å². The molecule has 0 spiro atoms. The van der Waals surface area contributed by atoms with Gasteiger partial charge in [0.1, 0.15) is 11.4 Å². The van der Waals surface area contributed by atoms with Gasteiger partial charge in [0.2, 0.25) is 0 Å². The molecule has 238 valence electrons. The monoisotopic (exact) mass is 656 g/mol. The standard InChI is InChI=1S/C28H22F6N4O6S/c1-26(2)23(40)38(16-9-11-17(12-10-16)45-28(32,33)34)25(42)37(26)14-15-6-5-13-35-21(15)36-22(39)18-7-4-8-19(43-3)20(18)44-24(41)27(29,30)31/h4-13H,14H2,1-3H3,(H,35,36,39). The predicted molar refractivity (Wildman–Crippen MR) is 148 cm³/mol. The van der Waals surface area contributed by atoms with Crippen molar-refractivity contribution in [3.8, 4) is 11.5 Å². The number of urea groups is 1. The van der Waals surface area contributed by atoms with Crippen molar-refractivity contribution < 1.29 is 55.0 Å². The first-order chi connectivity index (χ1) is 20.9. The highest BCUT2D eigenvalue weighted by molar-refractivity contribution is 8.00. The van der Waals surface area contributed by atoms with E-state index in [1.165, 1.54) is 56.4 Å². The van der Waals surface area contributed by atoms with Gasteiger partial charge in [-0.05, 0) is 68.1 Å². The Bertz CT molecular complexity index is 1650. The minimum Gasteiger partial charge on any atom is -0.493 e. The van der Waals surface area contributed by atoms with Crippen LogP contribution in [0.1, 0.15) is 29.8 Å². The van der Waals surface area contributed by atoms with E-state index in [1.807, 2.05) is 0 Å². The maximum absolute atomic E-state index is 13.5. The Morgan fingerprint density at radius 3 is 2.24 bits per heavy atom. The quantitative estimate of drug-likeness (QED) is 0.101. The Balaban J connectivity index is 1.60. The van der Waals surface area contributed by atoms with Gasteiger partial charge in [0.15, 0.2) is 11.5 Å². The number of halogens is 6. The lowest BCUT2D eigenvalue weighted by Crippen LogP contribution is -2.43. The maximum Gasteiger partial charge on any atom is 0.491 e. The summed E-state index contributed by atoms with van der Waals surface area (Å²) in [5.74, 6) is -5.58. The van der Waals surface area contributed by atoms with Crippen LogP contribution in [0, 0.1) is 0 Å². The van der Waals surface area contributed by atoms with Crippen molar-refractivity contribution in [2.75, 3.05) is 17.3 Å². The third-order valence-electron chi connectivity index (χ3n) is 6.47. The van der Waals surface area contributed by atoms with Crippen LogP contribution in [0.25, 0.3) is 0 Å². The number of anilines is 2. The minimum absolute atomic E-state index is 0.0331. The third kappa shape index (κ3) is 7.13. The molecule has 0 aliphatic carbocycles. The van der Waals surface area contributed by atoms with Gasteiger partial charge in [0, 0.05) is 16.7 Å². The highest BCUT2D eigenvalue weighted by Gasteiger charge is 2.52. The van der Waals surface area contributed by atoms with Gasteiger partial charge < -0.3 is 19.7 Å². The van der Waals surface area contributed by atoms with E-state index in [4.69, 9.17) is 4.74 Å². The molecule has 1 aromatic heterocycles. The summed E-state index contributed by atoms with van der Waals surface area (Å²) in [5.41, 5.74) is -6.26. The van der Waals surface area contributed by atoms with Crippen molar-refractivity contribution in [2.45, 2.75) is 42.5 Å². The number of methoxy groups -OCH3 is 1. The summed E-state index contributed by atoms with van der Waals surface area (Å²) in [4.78, 5) is 57.5. The van der Waals surface area contributed by atoms with E-state index in [2.05, 4.69) is 15.0 Å². The van der Waals surface area contributed by atoms with Crippen LogP contribution < -0.4 is 19.7 Å². The summed E-state index contributed by atoms with van der Waals surface area (Å²) in [7, 11) is 1.09. The largest absolute Gasteiger partial charge is 0.493 e. The summed E-state index contributed by atoms with van der Waals surface area (Å²) < 4.78 is 86.3. The molecule has 2 heterocycles. The van der Waals surface area contributed by atoms with E-state index >= 15 is 0 Å². The molecule has 0 atom stereocenters. The van der Waals surface area contributed by atoms with Gasteiger partial charge in [-0.1, -0.05) is 12.1 Å². The van der Waals surface area contributed by atoms with Gasteiger partial charge in [0.25, 0.3) is 11.8 Å². The summed E-state index contributed by atoms with van der Waals surface area (Å²) >= 11 is -0.355. The van der Waals surface area contributed by atoms with Crippen molar-refractivity contribution in [1.29, 1.82) is 0 Å². The van der Waals surface area contributed by atoms with Crippen molar-refractivity contribution >= 4 is 47.1 Å². The Labute approximate surface area is 255 Å². The second-order valence-electron chi connectivity index (χ2n) is 9.80. The normalized spacial score (nSPS) is 14.9. The van der Waals surface area contributed by atoms with Gasteiger partial charge in [-0.2, -0.15) is 26.3 Å². The fourth-order valence-electron chi connectivity index (χ4n) is 4.26. The molecule has 1 saturated heterocycles. The summed E-state index contributed by atoms with van der Waals surface area (Å²) in [6.07, 6.45) is -4.09. The number of hydrogen-bond acceptors (Lipinski definition) is 8. The summed E-state index contributed by atoms with van der Waals surface area (Å²) in [6.45, 7) is 2.61. The number of amides is 4. The van der Waals surface area contributed by atoms with Crippen LogP contribution in [0.15, 0.2) is 65.7 Å². The molecule has 1 N–H and O–H groups in total. The molecule has 1 aliphatic rings. The number of hydrogen-bond donors (Lipinski definition) is 1. The summed E-state index contributed by atoms with van der Waals surface area (Å²) in [5, 5.41) is 2.42. The maximum atomic E-state index is 13.5. The Hall–Kier alpha value is -4.80. The fraction of sp³-hybridized carbons (Fsp3) is 0.250. The smallest absolute Gasteiger partial charge is 0.491 e. The van der Waals surface area contributed by atoms with E-state index < -0.39 is 52.4 Å². The zero-order valence-corrected chi connectivity index (χ0v) is 24.3. The Kier molecular flexibility index (Phi) is 9.05. The van der Waals surface area contributed by atoms with Crippen LogP contribution in [0.3, 0.4) is 0 Å².